The molecule has 168 valence electrons. The minimum Gasteiger partial charge on any atom is -0.338 e. The molecule has 0 aliphatic carbocycles. The molecule has 0 spiro atoms. The molecule has 1 aliphatic heterocycles. The van der Waals surface area contributed by atoms with E-state index in [1.165, 1.54) is 6.42 Å². The molecule has 4 aromatic rings. The van der Waals surface area contributed by atoms with Gasteiger partial charge in [-0.15, -0.1) is 5.10 Å². The second-order valence-electron chi connectivity index (χ2n) is 8.99. The molecule has 2 unspecified atom stereocenters. The molecule has 6 nitrogen and oxygen atoms in total. The van der Waals surface area contributed by atoms with E-state index < -0.39 is 0 Å². The van der Waals surface area contributed by atoms with E-state index in [2.05, 4.69) is 29.2 Å². The number of hydrogen-bond acceptors (Lipinski definition) is 4. The van der Waals surface area contributed by atoms with E-state index in [9.17, 15) is 4.79 Å². The number of nitrogens with one attached hydrogen (secondary N) is 1. The SMILES string of the molecule is CC1CC(C)CN(C(=O)c2ccc(Nc3nc4cccc(-c5cccc(Cl)c5)n4n3)cc2)C1. The molecular weight excluding hydrogens is 434 g/mol. The molecule has 1 aliphatic rings. The minimum atomic E-state index is 0.0944. The Hall–Kier alpha value is -3.38. The first-order chi connectivity index (χ1) is 16.0. The number of halogens is 1. The zero-order valence-corrected chi connectivity index (χ0v) is 19.5. The van der Waals surface area contributed by atoms with Gasteiger partial charge in [-0.05, 0) is 66.8 Å². The van der Waals surface area contributed by atoms with Gasteiger partial charge in [-0.25, -0.2) is 4.52 Å². The van der Waals surface area contributed by atoms with Gasteiger partial charge in [-0.1, -0.05) is 43.6 Å². The Kier molecular flexibility index (Phi) is 5.77. The van der Waals surface area contributed by atoms with Crippen molar-refractivity contribution < 1.29 is 4.79 Å². The standard InChI is InChI=1S/C26H26ClN5O/c1-17-13-18(2)16-31(15-17)25(33)19-9-11-22(12-10-19)28-26-29-24-8-4-7-23(32(24)30-26)20-5-3-6-21(27)14-20/h3-12,14,17-18H,13,15-16H2,1-2H3,(H,28,30). The van der Waals surface area contributed by atoms with Crippen molar-refractivity contribution in [2.45, 2.75) is 20.3 Å². The fourth-order valence-corrected chi connectivity index (χ4v) is 4.85. The van der Waals surface area contributed by atoms with Crippen LogP contribution in [-0.4, -0.2) is 38.5 Å². The van der Waals surface area contributed by atoms with E-state index in [1.807, 2.05) is 71.6 Å². The van der Waals surface area contributed by atoms with Gasteiger partial charge in [0.15, 0.2) is 5.65 Å². The highest BCUT2D eigenvalue weighted by atomic mass is 35.5. The molecule has 3 heterocycles. The first kappa shape index (κ1) is 21.5. The van der Waals surface area contributed by atoms with Gasteiger partial charge in [0.1, 0.15) is 0 Å². The lowest BCUT2D eigenvalue weighted by Gasteiger charge is -2.35. The number of aromatic nitrogens is 3. The molecule has 0 saturated carbocycles. The number of fused-ring (bicyclic) bond motifs is 1. The van der Waals surface area contributed by atoms with E-state index >= 15 is 0 Å². The topological polar surface area (TPSA) is 62.5 Å². The first-order valence-corrected chi connectivity index (χ1v) is 11.6. The summed E-state index contributed by atoms with van der Waals surface area (Å²) in [5.74, 6) is 1.66. The van der Waals surface area contributed by atoms with Crippen LogP contribution in [0.5, 0.6) is 0 Å². The summed E-state index contributed by atoms with van der Waals surface area (Å²) >= 11 is 6.17. The summed E-state index contributed by atoms with van der Waals surface area (Å²) in [5.41, 5.74) is 4.13. The summed E-state index contributed by atoms with van der Waals surface area (Å²) in [6.07, 6.45) is 1.18. The summed E-state index contributed by atoms with van der Waals surface area (Å²) in [6, 6.07) is 21.0. The number of carbonyl (C=O) groups excluding carboxylic acids is 1. The number of nitrogens with zero attached hydrogens (tertiary/aromatic N) is 4. The summed E-state index contributed by atoms with van der Waals surface area (Å²) in [6.45, 7) is 6.07. The number of likely N-dealkylation sites (tertiary alicyclic amines) is 1. The average molecular weight is 460 g/mol. The molecule has 1 N–H and O–H groups in total. The van der Waals surface area contributed by atoms with Crippen LogP contribution in [0.15, 0.2) is 66.7 Å². The van der Waals surface area contributed by atoms with Crippen molar-refractivity contribution in [1.82, 2.24) is 19.5 Å². The Morgan fingerprint density at radius 3 is 2.45 bits per heavy atom. The quantitative estimate of drug-likeness (QED) is 0.412. The molecule has 0 bridgehead atoms. The number of anilines is 2. The Balaban J connectivity index is 1.35. The van der Waals surface area contributed by atoms with Crippen LogP contribution in [0.25, 0.3) is 16.9 Å². The summed E-state index contributed by atoms with van der Waals surface area (Å²) in [7, 11) is 0. The van der Waals surface area contributed by atoms with Gasteiger partial charge in [0.2, 0.25) is 5.95 Å². The highest BCUT2D eigenvalue weighted by molar-refractivity contribution is 6.30. The van der Waals surface area contributed by atoms with Gasteiger partial charge in [0, 0.05) is 34.9 Å². The number of amides is 1. The largest absolute Gasteiger partial charge is 0.338 e. The van der Waals surface area contributed by atoms with Gasteiger partial charge in [-0.3, -0.25) is 4.79 Å². The highest BCUT2D eigenvalue weighted by Gasteiger charge is 2.26. The zero-order chi connectivity index (χ0) is 22.9. The fraction of sp³-hybridized carbons (Fsp3) is 0.269. The Bertz CT molecular complexity index is 1290. The maximum Gasteiger partial charge on any atom is 0.253 e. The third kappa shape index (κ3) is 4.57. The van der Waals surface area contributed by atoms with Crippen molar-refractivity contribution >= 4 is 34.8 Å². The molecule has 1 amide bonds. The predicted molar refractivity (Wildman–Crippen MR) is 132 cm³/mol. The summed E-state index contributed by atoms with van der Waals surface area (Å²) in [4.78, 5) is 19.5. The average Bonchev–Trinajstić information content (AvgIpc) is 3.21. The Morgan fingerprint density at radius 2 is 1.73 bits per heavy atom. The predicted octanol–water partition coefficient (Wildman–Crippen LogP) is 5.91. The molecule has 2 aromatic heterocycles. The number of rotatable bonds is 4. The highest BCUT2D eigenvalue weighted by Crippen LogP contribution is 2.25. The number of benzene rings is 2. The zero-order valence-electron chi connectivity index (χ0n) is 18.7. The third-order valence-corrected chi connectivity index (χ3v) is 6.26. The fourth-order valence-electron chi connectivity index (χ4n) is 4.66. The van der Waals surface area contributed by atoms with Gasteiger partial charge in [0.05, 0.1) is 5.69 Å². The molecule has 7 heteroatoms. The number of pyridine rings is 1. The van der Waals surface area contributed by atoms with Crippen molar-refractivity contribution in [3.05, 3.63) is 77.3 Å². The number of piperidine rings is 1. The van der Waals surface area contributed by atoms with E-state index in [0.717, 1.165) is 35.7 Å². The van der Waals surface area contributed by atoms with Crippen molar-refractivity contribution in [3.8, 4) is 11.3 Å². The van der Waals surface area contributed by atoms with Crippen LogP contribution in [-0.2, 0) is 0 Å². The van der Waals surface area contributed by atoms with Crippen LogP contribution in [0.4, 0.5) is 11.6 Å². The second kappa shape index (κ2) is 8.87. The van der Waals surface area contributed by atoms with Gasteiger partial charge in [-0.2, -0.15) is 4.98 Å². The third-order valence-electron chi connectivity index (χ3n) is 6.02. The van der Waals surface area contributed by atoms with Gasteiger partial charge < -0.3 is 10.2 Å². The van der Waals surface area contributed by atoms with Crippen LogP contribution in [0, 0.1) is 11.8 Å². The number of carbonyl (C=O) groups is 1. The van der Waals surface area contributed by atoms with Crippen LogP contribution >= 0.6 is 11.6 Å². The lowest BCUT2D eigenvalue weighted by Crippen LogP contribution is -2.42. The van der Waals surface area contributed by atoms with Crippen molar-refractivity contribution in [3.63, 3.8) is 0 Å². The first-order valence-electron chi connectivity index (χ1n) is 11.2. The second-order valence-corrected chi connectivity index (χ2v) is 9.42. The number of hydrogen-bond donors (Lipinski definition) is 1. The summed E-state index contributed by atoms with van der Waals surface area (Å²) < 4.78 is 1.80. The molecule has 2 aromatic carbocycles. The molecule has 33 heavy (non-hydrogen) atoms. The van der Waals surface area contributed by atoms with Crippen molar-refractivity contribution in [2.75, 3.05) is 18.4 Å². The molecule has 0 radical (unpaired) electrons. The molecule has 5 rings (SSSR count). The molecular formula is C26H26ClN5O. The molecule has 2 atom stereocenters. The smallest absolute Gasteiger partial charge is 0.253 e. The maximum absolute atomic E-state index is 12.9. The van der Waals surface area contributed by atoms with E-state index in [0.29, 0.717) is 28.4 Å². The molecule has 1 saturated heterocycles. The maximum atomic E-state index is 12.9. The minimum absolute atomic E-state index is 0.0944. The van der Waals surface area contributed by atoms with Gasteiger partial charge in [0.25, 0.3) is 5.91 Å². The Morgan fingerprint density at radius 1 is 1.00 bits per heavy atom. The van der Waals surface area contributed by atoms with E-state index in [-0.39, 0.29) is 5.91 Å². The Labute approximate surface area is 198 Å². The monoisotopic (exact) mass is 459 g/mol. The van der Waals surface area contributed by atoms with Crippen molar-refractivity contribution in [2.24, 2.45) is 11.8 Å². The van der Waals surface area contributed by atoms with Crippen molar-refractivity contribution in [1.29, 1.82) is 0 Å². The summed E-state index contributed by atoms with van der Waals surface area (Å²) in [5, 5.41) is 8.56. The van der Waals surface area contributed by atoms with Crippen LogP contribution < -0.4 is 5.32 Å². The van der Waals surface area contributed by atoms with Gasteiger partial charge >= 0.3 is 0 Å². The lowest BCUT2D eigenvalue weighted by atomic mass is 9.91. The van der Waals surface area contributed by atoms with Crippen LogP contribution in [0.2, 0.25) is 5.02 Å². The van der Waals surface area contributed by atoms with E-state index in [4.69, 9.17) is 11.6 Å². The van der Waals surface area contributed by atoms with Crippen LogP contribution in [0.3, 0.4) is 0 Å². The lowest BCUT2D eigenvalue weighted by molar-refractivity contribution is 0.0623. The normalized spacial score (nSPS) is 18.5. The molecule has 1 fully saturated rings. The van der Waals surface area contributed by atoms with Crippen LogP contribution in [0.1, 0.15) is 30.6 Å². The van der Waals surface area contributed by atoms with E-state index in [1.54, 1.807) is 4.52 Å².